The summed E-state index contributed by atoms with van der Waals surface area (Å²) in [5.41, 5.74) is 3.85. The predicted octanol–water partition coefficient (Wildman–Crippen LogP) is 4.67. The summed E-state index contributed by atoms with van der Waals surface area (Å²) in [4.78, 5) is 0. The molecule has 0 aliphatic carbocycles. The van der Waals surface area contributed by atoms with Crippen LogP contribution in [0.25, 0.3) is 11.1 Å². The zero-order valence-electron chi connectivity index (χ0n) is 11.1. The standard InChI is InChI=1S/C16H17BrFN/c1-3-19-10-12-5-4-11(2)14(8-12)15-9-13(17)6-7-16(15)18/h4-9,19H,3,10H2,1-2H3. The maximum atomic E-state index is 14.0. The van der Waals surface area contributed by atoms with Crippen LogP contribution in [0.15, 0.2) is 40.9 Å². The first-order chi connectivity index (χ1) is 9.11. The zero-order chi connectivity index (χ0) is 13.8. The molecule has 0 saturated carbocycles. The highest BCUT2D eigenvalue weighted by molar-refractivity contribution is 9.10. The van der Waals surface area contributed by atoms with Crippen molar-refractivity contribution in [3.05, 3.63) is 57.8 Å². The van der Waals surface area contributed by atoms with Crippen LogP contribution in [-0.2, 0) is 6.54 Å². The molecule has 1 nitrogen and oxygen atoms in total. The van der Waals surface area contributed by atoms with E-state index in [1.165, 1.54) is 11.6 Å². The van der Waals surface area contributed by atoms with E-state index in [2.05, 4.69) is 40.3 Å². The molecule has 0 fully saturated rings. The number of hydrogen-bond donors (Lipinski definition) is 1. The third kappa shape index (κ3) is 3.43. The highest BCUT2D eigenvalue weighted by Crippen LogP contribution is 2.29. The van der Waals surface area contributed by atoms with Crippen molar-refractivity contribution in [3.63, 3.8) is 0 Å². The van der Waals surface area contributed by atoms with E-state index < -0.39 is 0 Å². The number of nitrogens with one attached hydrogen (secondary N) is 1. The Morgan fingerprint density at radius 3 is 2.63 bits per heavy atom. The molecule has 0 amide bonds. The maximum absolute atomic E-state index is 14.0. The van der Waals surface area contributed by atoms with Gasteiger partial charge < -0.3 is 5.32 Å². The molecular weight excluding hydrogens is 305 g/mol. The molecule has 0 aliphatic heterocycles. The van der Waals surface area contributed by atoms with Crippen LogP contribution >= 0.6 is 15.9 Å². The molecule has 2 aromatic rings. The first-order valence-corrected chi connectivity index (χ1v) is 7.16. The van der Waals surface area contributed by atoms with Gasteiger partial charge in [0.1, 0.15) is 5.82 Å². The lowest BCUT2D eigenvalue weighted by Gasteiger charge is -2.11. The average Bonchev–Trinajstić information content (AvgIpc) is 2.41. The average molecular weight is 322 g/mol. The molecule has 0 atom stereocenters. The van der Waals surface area contributed by atoms with E-state index in [4.69, 9.17) is 0 Å². The third-order valence-corrected chi connectivity index (χ3v) is 3.59. The topological polar surface area (TPSA) is 12.0 Å². The highest BCUT2D eigenvalue weighted by atomic mass is 79.9. The van der Waals surface area contributed by atoms with E-state index >= 15 is 0 Å². The third-order valence-electron chi connectivity index (χ3n) is 3.10. The summed E-state index contributed by atoms with van der Waals surface area (Å²) in [5, 5.41) is 3.29. The van der Waals surface area contributed by atoms with Gasteiger partial charge in [0.15, 0.2) is 0 Å². The largest absolute Gasteiger partial charge is 0.313 e. The van der Waals surface area contributed by atoms with Gasteiger partial charge in [-0.1, -0.05) is 35.0 Å². The van der Waals surface area contributed by atoms with Gasteiger partial charge in [-0.15, -0.1) is 0 Å². The van der Waals surface area contributed by atoms with E-state index in [1.807, 2.05) is 19.1 Å². The molecule has 2 aromatic carbocycles. The Hall–Kier alpha value is -1.19. The van der Waals surface area contributed by atoms with Crippen LogP contribution in [0.1, 0.15) is 18.1 Å². The lowest BCUT2D eigenvalue weighted by atomic mass is 9.97. The molecule has 0 radical (unpaired) electrons. The minimum atomic E-state index is -0.188. The van der Waals surface area contributed by atoms with Crippen molar-refractivity contribution < 1.29 is 4.39 Å². The molecule has 100 valence electrons. The van der Waals surface area contributed by atoms with Crippen molar-refractivity contribution in [1.29, 1.82) is 0 Å². The maximum Gasteiger partial charge on any atom is 0.131 e. The minimum absolute atomic E-state index is 0.188. The van der Waals surface area contributed by atoms with Crippen molar-refractivity contribution in [2.45, 2.75) is 20.4 Å². The Labute approximate surface area is 122 Å². The molecule has 0 bridgehead atoms. The Morgan fingerprint density at radius 1 is 1.11 bits per heavy atom. The van der Waals surface area contributed by atoms with Crippen LogP contribution < -0.4 is 5.32 Å². The van der Waals surface area contributed by atoms with Gasteiger partial charge in [-0.2, -0.15) is 0 Å². The fourth-order valence-electron chi connectivity index (χ4n) is 2.04. The molecule has 0 unspecified atom stereocenters. The second kappa shape index (κ2) is 6.31. The molecule has 0 aliphatic rings. The van der Waals surface area contributed by atoms with E-state index in [9.17, 15) is 4.39 Å². The number of rotatable bonds is 4. The van der Waals surface area contributed by atoms with Crippen molar-refractivity contribution in [2.75, 3.05) is 6.54 Å². The Balaban J connectivity index is 2.45. The van der Waals surface area contributed by atoms with Gasteiger partial charge in [-0.3, -0.25) is 0 Å². The fraction of sp³-hybridized carbons (Fsp3) is 0.250. The van der Waals surface area contributed by atoms with E-state index in [-0.39, 0.29) is 5.82 Å². The van der Waals surface area contributed by atoms with E-state index in [0.717, 1.165) is 28.7 Å². The quantitative estimate of drug-likeness (QED) is 0.862. The first kappa shape index (κ1) is 14.2. The molecule has 1 N–H and O–H groups in total. The van der Waals surface area contributed by atoms with Crippen LogP contribution in [0, 0.1) is 12.7 Å². The summed E-state index contributed by atoms with van der Waals surface area (Å²) in [6, 6.07) is 11.2. The van der Waals surface area contributed by atoms with Gasteiger partial charge in [0.25, 0.3) is 0 Å². The Bertz CT molecular complexity index is 581. The fourth-order valence-corrected chi connectivity index (χ4v) is 2.40. The zero-order valence-corrected chi connectivity index (χ0v) is 12.7. The van der Waals surface area contributed by atoms with Crippen LogP contribution in [-0.4, -0.2) is 6.54 Å². The lowest BCUT2D eigenvalue weighted by Crippen LogP contribution is -2.11. The molecule has 3 heteroatoms. The summed E-state index contributed by atoms with van der Waals surface area (Å²) in [6.45, 7) is 5.81. The first-order valence-electron chi connectivity index (χ1n) is 6.37. The van der Waals surface area contributed by atoms with Crippen LogP contribution in [0.4, 0.5) is 4.39 Å². The molecule has 0 spiro atoms. The van der Waals surface area contributed by atoms with Crippen molar-refractivity contribution in [1.82, 2.24) is 5.32 Å². The summed E-state index contributed by atoms with van der Waals surface area (Å²) in [7, 11) is 0. The number of hydrogen-bond acceptors (Lipinski definition) is 1. The number of aryl methyl sites for hydroxylation is 1. The summed E-state index contributed by atoms with van der Waals surface area (Å²) in [5.74, 6) is -0.188. The smallest absolute Gasteiger partial charge is 0.131 e. The van der Waals surface area contributed by atoms with Gasteiger partial charge in [0.2, 0.25) is 0 Å². The summed E-state index contributed by atoms with van der Waals surface area (Å²) in [6.07, 6.45) is 0. The van der Waals surface area contributed by atoms with E-state index in [1.54, 1.807) is 6.07 Å². The highest BCUT2D eigenvalue weighted by Gasteiger charge is 2.09. The molecule has 0 aromatic heterocycles. The van der Waals surface area contributed by atoms with E-state index in [0.29, 0.717) is 5.56 Å². The van der Waals surface area contributed by atoms with Gasteiger partial charge >= 0.3 is 0 Å². The monoisotopic (exact) mass is 321 g/mol. The molecular formula is C16H17BrFN. The molecule has 19 heavy (non-hydrogen) atoms. The van der Waals surface area contributed by atoms with Crippen molar-refractivity contribution >= 4 is 15.9 Å². The van der Waals surface area contributed by atoms with Gasteiger partial charge in [0, 0.05) is 16.6 Å². The number of benzene rings is 2. The molecule has 0 saturated heterocycles. The minimum Gasteiger partial charge on any atom is -0.313 e. The molecule has 0 heterocycles. The van der Waals surface area contributed by atoms with Crippen molar-refractivity contribution in [3.8, 4) is 11.1 Å². The van der Waals surface area contributed by atoms with Crippen LogP contribution in [0.3, 0.4) is 0 Å². The van der Waals surface area contributed by atoms with Gasteiger partial charge in [-0.05, 0) is 54.4 Å². The van der Waals surface area contributed by atoms with Crippen LogP contribution in [0.2, 0.25) is 0 Å². The second-order valence-electron chi connectivity index (χ2n) is 4.55. The summed E-state index contributed by atoms with van der Waals surface area (Å²) >= 11 is 3.40. The SMILES string of the molecule is CCNCc1ccc(C)c(-c2cc(Br)ccc2F)c1. The van der Waals surface area contributed by atoms with Gasteiger partial charge in [0.05, 0.1) is 0 Å². The Morgan fingerprint density at radius 2 is 1.89 bits per heavy atom. The number of halogens is 2. The van der Waals surface area contributed by atoms with Crippen LogP contribution in [0.5, 0.6) is 0 Å². The second-order valence-corrected chi connectivity index (χ2v) is 5.47. The van der Waals surface area contributed by atoms with Crippen molar-refractivity contribution in [2.24, 2.45) is 0 Å². The predicted molar refractivity (Wildman–Crippen MR) is 81.7 cm³/mol. The Kier molecular flexibility index (Phi) is 4.72. The summed E-state index contributed by atoms with van der Waals surface area (Å²) < 4.78 is 14.9. The normalized spacial score (nSPS) is 10.7. The lowest BCUT2D eigenvalue weighted by molar-refractivity contribution is 0.631. The van der Waals surface area contributed by atoms with Gasteiger partial charge in [-0.25, -0.2) is 4.39 Å². The molecule has 2 rings (SSSR count).